The predicted molar refractivity (Wildman–Crippen MR) is 100 cm³/mol. The average molecular weight is 376 g/mol. The Bertz CT molecular complexity index is 793. The molecule has 0 spiro atoms. The van der Waals surface area contributed by atoms with E-state index < -0.39 is 16.1 Å². The fourth-order valence-electron chi connectivity index (χ4n) is 2.30. The first-order valence-electron chi connectivity index (χ1n) is 8.43. The van der Waals surface area contributed by atoms with Crippen LogP contribution < -0.4 is 14.8 Å². The van der Waals surface area contributed by atoms with Gasteiger partial charge in [-0.15, -0.1) is 0 Å². The third-order valence-corrected chi connectivity index (χ3v) is 5.15. The van der Waals surface area contributed by atoms with Gasteiger partial charge >= 0.3 is 0 Å². The van der Waals surface area contributed by atoms with Crippen molar-refractivity contribution in [1.82, 2.24) is 10.0 Å². The first-order valence-corrected chi connectivity index (χ1v) is 9.91. The van der Waals surface area contributed by atoms with E-state index in [2.05, 4.69) is 10.0 Å². The molecule has 1 amide bonds. The number of ether oxygens (including phenoxy) is 1. The maximum absolute atomic E-state index is 12.5. The molecule has 0 bridgehead atoms. The van der Waals surface area contributed by atoms with Crippen LogP contribution in [0.4, 0.5) is 0 Å². The van der Waals surface area contributed by atoms with Gasteiger partial charge in [0.15, 0.2) is 0 Å². The van der Waals surface area contributed by atoms with E-state index in [1.807, 2.05) is 30.3 Å². The van der Waals surface area contributed by atoms with Crippen LogP contribution in [-0.4, -0.2) is 33.5 Å². The van der Waals surface area contributed by atoms with E-state index >= 15 is 0 Å². The molecule has 0 aliphatic carbocycles. The van der Waals surface area contributed by atoms with Crippen LogP contribution in [0.1, 0.15) is 13.8 Å². The first kappa shape index (κ1) is 19.9. The molecule has 26 heavy (non-hydrogen) atoms. The smallest absolute Gasteiger partial charge is 0.241 e. The van der Waals surface area contributed by atoms with Crippen LogP contribution in [-0.2, 0) is 14.8 Å². The summed E-state index contributed by atoms with van der Waals surface area (Å²) in [7, 11) is -3.77. The van der Waals surface area contributed by atoms with Crippen molar-refractivity contribution in [3.8, 4) is 5.75 Å². The standard InChI is InChI=1S/C19H24N2O4S/c1-15(2)18(21-26(23,24)17-11-7-4-8-12-17)19(22)20-13-14-25-16-9-5-3-6-10-16/h3-12,15,18,21H,13-14H2,1-2H3,(H,20,22)/t18-/m0/s1. The van der Waals surface area contributed by atoms with Crippen molar-refractivity contribution in [3.63, 3.8) is 0 Å². The second-order valence-corrected chi connectivity index (χ2v) is 7.82. The molecule has 0 radical (unpaired) electrons. The van der Waals surface area contributed by atoms with Crippen LogP contribution in [0.15, 0.2) is 65.6 Å². The lowest BCUT2D eigenvalue weighted by molar-refractivity contribution is -0.123. The van der Waals surface area contributed by atoms with Crippen molar-refractivity contribution in [2.24, 2.45) is 5.92 Å². The molecule has 0 saturated heterocycles. The van der Waals surface area contributed by atoms with Gasteiger partial charge in [0, 0.05) is 0 Å². The maximum Gasteiger partial charge on any atom is 0.241 e. The number of amides is 1. The molecule has 2 aromatic rings. The van der Waals surface area contributed by atoms with Crippen LogP contribution in [0.5, 0.6) is 5.75 Å². The Balaban J connectivity index is 1.91. The molecule has 2 N–H and O–H groups in total. The maximum atomic E-state index is 12.5. The van der Waals surface area contributed by atoms with Gasteiger partial charge in [0.25, 0.3) is 0 Å². The minimum atomic E-state index is -3.77. The van der Waals surface area contributed by atoms with Gasteiger partial charge in [-0.25, -0.2) is 8.42 Å². The quantitative estimate of drug-likeness (QED) is 0.657. The van der Waals surface area contributed by atoms with Gasteiger partial charge in [0.2, 0.25) is 15.9 Å². The second-order valence-electron chi connectivity index (χ2n) is 6.11. The van der Waals surface area contributed by atoms with Gasteiger partial charge < -0.3 is 10.1 Å². The lowest BCUT2D eigenvalue weighted by Crippen LogP contribution is -2.50. The zero-order chi connectivity index (χ0) is 19.0. The Morgan fingerprint density at radius 3 is 2.15 bits per heavy atom. The summed E-state index contributed by atoms with van der Waals surface area (Å²) in [6.45, 7) is 4.16. The van der Waals surface area contributed by atoms with E-state index in [0.29, 0.717) is 12.4 Å². The Kier molecular flexibility index (Phi) is 7.17. The average Bonchev–Trinajstić information content (AvgIpc) is 2.64. The predicted octanol–water partition coefficient (Wildman–Crippen LogP) is 2.18. The minimum absolute atomic E-state index is 0.130. The van der Waals surface area contributed by atoms with Gasteiger partial charge in [0.05, 0.1) is 11.4 Å². The molecule has 0 fully saturated rings. The molecule has 6 nitrogen and oxygen atoms in total. The Labute approximate surface area is 154 Å². The van der Waals surface area contributed by atoms with E-state index in [0.717, 1.165) is 0 Å². The number of carbonyl (C=O) groups excluding carboxylic acids is 1. The van der Waals surface area contributed by atoms with Gasteiger partial charge in [0.1, 0.15) is 18.4 Å². The molecule has 7 heteroatoms. The Morgan fingerprint density at radius 2 is 1.58 bits per heavy atom. The molecule has 0 aliphatic rings. The number of rotatable bonds is 9. The first-order chi connectivity index (χ1) is 12.4. The summed E-state index contributed by atoms with van der Waals surface area (Å²) < 4.78 is 32.9. The molecular weight excluding hydrogens is 352 g/mol. The fourth-order valence-corrected chi connectivity index (χ4v) is 3.66. The number of hydrogen-bond donors (Lipinski definition) is 2. The van der Waals surface area contributed by atoms with Crippen molar-refractivity contribution < 1.29 is 17.9 Å². The Morgan fingerprint density at radius 1 is 1.00 bits per heavy atom. The lowest BCUT2D eigenvalue weighted by atomic mass is 10.1. The molecule has 0 heterocycles. The van der Waals surface area contributed by atoms with Gasteiger partial charge in [-0.1, -0.05) is 50.2 Å². The number of carbonyl (C=O) groups is 1. The highest BCUT2D eigenvalue weighted by molar-refractivity contribution is 7.89. The van der Waals surface area contributed by atoms with Gasteiger partial charge in [-0.2, -0.15) is 4.72 Å². The van der Waals surface area contributed by atoms with E-state index in [1.165, 1.54) is 12.1 Å². The van der Waals surface area contributed by atoms with Crippen molar-refractivity contribution in [3.05, 3.63) is 60.7 Å². The molecule has 140 valence electrons. The second kappa shape index (κ2) is 9.35. The highest BCUT2D eigenvalue weighted by Gasteiger charge is 2.28. The third-order valence-electron chi connectivity index (χ3n) is 3.70. The van der Waals surface area contributed by atoms with Crippen LogP contribution in [0.3, 0.4) is 0 Å². The SMILES string of the molecule is CC(C)[C@H](NS(=O)(=O)c1ccccc1)C(=O)NCCOc1ccccc1. The van der Waals surface area contributed by atoms with Crippen molar-refractivity contribution in [2.45, 2.75) is 24.8 Å². The van der Waals surface area contributed by atoms with Crippen LogP contribution >= 0.6 is 0 Å². The summed E-state index contributed by atoms with van der Waals surface area (Å²) in [6, 6.07) is 16.4. The number of nitrogens with one attached hydrogen (secondary N) is 2. The summed E-state index contributed by atoms with van der Waals surface area (Å²) >= 11 is 0. The Hall–Kier alpha value is -2.38. The van der Waals surface area contributed by atoms with E-state index in [4.69, 9.17) is 4.74 Å². The fraction of sp³-hybridized carbons (Fsp3) is 0.316. The molecule has 1 atom stereocenters. The summed E-state index contributed by atoms with van der Waals surface area (Å²) in [6.07, 6.45) is 0. The topological polar surface area (TPSA) is 84.5 Å². The lowest BCUT2D eigenvalue weighted by Gasteiger charge is -2.21. The third kappa shape index (κ3) is 5.86. The van der Waals surface area contributed by atoms with Gasteiger partial charge in [-0.05, 0) is 30.2 Å². The number of hydrogen-bond acceptors (Lipinski definition) is 4. The number of sulfonamides is 1. The van der Waals surface area contributed by atoms with Crippen molar-refractivity contribution in [2.75, 3.05) is 13.2 Å². The molecule has 0 unspecified atom stereocenters. The molecular formula is C19H24N2O4S. The number of benzene rings is 2. The van der Waals surface area contributed by atoms with Crippen molar-refractivity contribution in [1.29, 1.82) is 0 Å². The highest BCUT2D eigenvalue weighted by atomic mass is 32.2. The monoisotopic (exact) mass is 376 g/mol. The van der Waals surface area contributed by atoms with Crippen LogP contribution in [0, 0.1) is 5.92 Å². The molecule has 2 aromatic carbocycles. The molecule has 0 saturated carbocycles. The summed E-state index contributed by atoms with van der Waals surface area (Å²) in [5.41, 5.74) is 0. The van der Waals surface area contributed by atoms with E-state index in [-0.39, 0.29) is 23.3 Å². The summed E-state index contributed by atoms with van der Waals surface area (Å²) in [5.74, 6) is 0.131. The molecule has 2 rings (SSSR count). The minimum Gasteiger partial charge on any atom is -0.492 e. The number of para-hydroxylation sites is 1. The van der Waals surface area contributed by atoms with Crippen LogP contribution in [0.25, 0.3) is 0 Å². The van der Waals surface area contributed by atoms with Gasteiger partial charge in [-0.3, -0.25) is 4.79 Å². The van der Waals surface area contributed by atoms with E-state index in [1.54, 1.807) is 32.0 Å². The molecule has 0 aromatic heterocycles. The molecule has 0 aliphatic heterocycles. The van der Waals surface area contributed by atoms with Crippen LogP contribution in [0.2, 0.25) is 0 Å². The van der Waals surface area contributed by atoms with E-state index in [9.17, 15) is 13.2 Å². The zero-order valence-electron chi connectivity index (χ0n) is 14.9. The summed E-state index contributed by atoms with van der Waals surface area (Å²) in [4.78, 5) is 12.5. The summed E-state index contributed by atoms with van der Waals surface area (Å²) in [5, 5.41) is 2.72. The van der Waals surface area contributed by atoms with Crippen molar-refractivity contribution >= 4 is 15.9 Å². The normalized spacial score (nSPS) is 12.6. The largest absolute Gasteiger partial charge is 0.492 e. The highest BCUT2D eigenvalue weighted by Crippen LogP contribution is 2.11. The zero-order valence-corrected chi connectivity index (χ0v) is 15.7.